The minimum Gasteiger partial charge on any atom is -0.399 e. The Bertz CT molecular complexity index is 713. The summed E-state index contributed by atoms with van der Waals surface area (Å²) in [4.78, 5) is 5.06. The molecule has 0 saturated carbocycles. The maximum atomic E-state index is 5.06. The van der Waals surface area contributed by atoms with Crippen LogP contribution in [0, 0.1) is 5.92 Å². The lowest BCUT2D eigenvalue weighted by molar-refractivity contribution is 0.211. The van der Waals surface area contributed by atoms with Crippen LogP contribution in [0.25, 0.3) is 11.3 Å². The molecule has 120 valence electrons. The van der Waals surface area contributed by atoms with E-state index in [1.807, 2.05) is 24.3 Å². The standard InChI is InChI=1S/C18H20BrN3O/c1-3-4-12-9-17-15(18(10-12)22-23-2)11-16(20-21-17)13-5-7-14(19)8-6-13/h5-8,11-12H,3-4,9-10H2,1-2H3/b22-18-/t12-/m0/s1. The predicted molar refractivity (Wildman–Crippen MR) is 95.4 cm³/mol. The number of benzene rings is 1. The second-order valence-corrected chi connectivity index (χ2v) is 6.80. The van der Waals surface area contributed by atoms with Crippen LogP contribution >= 0.6 is 15.9 Å². The fourth-order valence-electron chi connectivity index (χ4n) is 3.12. The molecule has 1 atom stereocenters. The van der Waals surface area contributed by atoms with Gasteiger partial charge in [-0.1, -0.05) is 46.6 Å². The summed E-state index contributed by atoms with van der Waals surface area (Å²) < 4.78 is 1.05. The highest BCUT2D eigenvalue weighted by atomic mass is 79.9. The van der Waals surface area contributed by atoms with Gasteiger partial charge < -0.3 is 4.84 Å². The van der Waals surface area contributed by atoms with Crippen molar-refractivity contribution in [2.45, 2.75) is 32.6 Å². The first-order chi connectivity index (χ1) is 11.2. The largest absolute Gasteiger partial charge is 0.399 e. The van der Waals surface area contributed by atoms with E-state index in [0.29, 0.717) is 5.92 Å². The molecule has 0 bridgehead atoms. The number of fused-ring (bicyclic) bond motifs is 1. The molecule has 3 rings (SSSR count). The molecule has 0 amide bonds. The summed E-state index contributed by atoms with van der Waals surface area (Å²) in [5, 5.41) is 13.2. The Kier molecular flexibility index (Phi) is 5.06. The maximum Gasteiger partial charge on any atom is 0.106 e. The molecule has 1 aromatic carbocycles. The van der Waals surface area contributed by atoms with Crippen LogP contribution in [-0.2, 0) is 11.3 Å². The van der Waals surface area contributed by atoms with Gasteiger partial charge in [0.05, 0.1) is 17.1 Å². The molecule has 0 spiro atoms. The lowest BCUT2D eigenvalue weighted by Gasteiger charge is -2.24. The molecule has 23 heavy (non-hydrogen) atoms. The van der Waals surface area contributed by atoms with Crippen molar-refractivity contribution in [3.05, 3.63) is 46.1 Å². The lowest BCUT2D eigenvalue weighted by Crippen LogP contribution is -2.23. The third kappa shape index (κ3) is 3.61. The van der Waals surface area contributed by atoms with Crippen molar-refractivity contribution in [3.8, 4) is 11.3 Å². The molecule has 1 aromatic heterocycles. The van der Waals surface area contributed by atoms with E-state index in [-0.39, 0.29) is 0 Å². The second-order valence-electron chi connectivity index (χ2n) is 5.88. The fraction of sp³-hybridized carbons (Fsp3) is 0.389. The summed E-state index contributed by atoms with van der Waals surface area (Å²) in [5.41, 5.74) is 5.02. The van der Waals surface area contributed by atoms with Crippen LogP contribution in [0.1, 0.15) is 37.4 Å². The Morgan fingerprint density at radius 1 is 1.22 bits per heavy atom. The summed E-state index contributed by atoms with van der Waals surface area (Å²) in [6.45, 7) is 2.21. The highest BCUT2D eigenvalue weighted by molar-refractivity contribution is 9.10. The number of rotatable bonds is 4. The summed E-state index contributed by atoms with van der Waals surface area (Å²) >= 11 is 3.46. The van der Waals surface area contributed by atoms with Gasteiger partial charge in [0.25, 0.3) is 0 Å². The Balaban J connectivity index is 1.99. The third-order valence-corrected chi connectivity index (χ3v) is 4.71. The van der Waals surface area contributed by atoms with E-state index < -0.39 is 0 Å². The minimum absolute atomic E-state index is 0.578. The number of nitrogens with zero attached hydrogens (tertiary/aromatic N) is 3. The van der Waals surface area contributed by atoms with Gasteiger partial charge in [-0.3, -0.25) is 0 Å². The second kappa shape index (κ2) is 7.21. The monoisotopic (exact) mass is 373 g/mol. The first-order valence-electron chi connectivity index (χ1n) is 7.94. The van der Waals surface area contributed by atoms with Crippen LogP contribution in [0.5, 0.6) is 0 Å². The van der Waals surface area contributed by atoms with Gasteiger partial charge in [-0.25, -0.2) is 0 Å². The smallest absolute Gasteiger partial charge is 0.106 e. The minimum atomic E-state index is 0.578. The molecule has 5 heteroatoms. The first-order valence-corrected chi connectivity index (χ1v) is 8.73. The van der Waals surface area contributed by atoms with Gasteiger partial charge in [-0.2, -0.15) is 10.2 Å². The molecule has 4 nitrogen and oxygen atoms in total. The van der Waals surface area contributed by atoms with Crippen molar-refractivity contribution >= 4 is 21.6 Å². The average Bonchev–Trinajstić information content (AvgIpc) is 2.56. The lowest BCUT2D eigenvalue weighted by atomic mass is 9.83. The van der Waals surface area contributed by atoms with Crippen LogP contribution in [0.15, 0.2) is 40.0 Å². The quantitative estimate of drug-likeness (QED) is 0.734. The number of hydrogen-bond acceptors (Lipinski definition) is 4. The predicted octanol–water partition coefficient (Wildman–Crippen LogP) is 4.62. The van der Waals surface area contributed by atoms with Crippen molar-refractivity contribution in [2.24, 2.45) is 11.1 Å². The summed E-state index contributed by atoms with van der Waals surface area (Å²) in [6, 6.07) is 10.2. The van der Waals surface area contributed by atoms with Gasteiger partial charge in [0.15, 0.2) is 0 Å². The molecule has 0 N–H and O–H groups in total. The zero-order valence-electron chi connectivity index (χ0n) is 13.4. The van der Waals surface area contributed by atoms with Gasteiger partial charge in [0.2, 0.25) is 0 Å². The fourth-order valence-corrected chi connectivity index (χ4v) is 3.38. The molecule has 0 radical (unpaired) electrons. The number of aromatic nitrogens is 2. The van der Waals surface area contributed by atoms with E-state index in [2.05, 4.69) is 44.3 Å². The molecule has 0 aliphatic heterocycles. The van der Waals surface area contributed by atoms with Gasteiger partial charge in [-0.15, -0.1) is 0 Å². The van der Waals surface area contributed by atoms with E-state index >= 15 is 0 Å². The SMILES string of the molecule is CCC[C@@H]1C/C(=N/OC)c2cc(-c3ccc(Br)cc3)nnc2C1. The zero-order chi connectivity index (χ0) is 16.2. The Morgan fingerprint density at radius 2 is 2.00 bits per heavy atom. The molecular weight excluding hydrogens is 354 g/mol. The molecule has 0 unspecified atom stereocenters. The van der Waals surface area contributed by atoms with E-state index in [1.165, 1.54) is 12.8 Å². The molecule has 1 heterocycles. The highest BCUT2D eigenvalue weighted by Crippen LogP contribution is 2.30. The van der Waals surface area contributed by atoms with Gasteiger partial charge in [-0.05, 0) is 43.4 Å². The number of oxime groups is 1. The van der Waals surface area contributed by atoms with E-state index in [1.54, 1.807) is 7.11 Å². The maximum absolute atomic E-state index is 5.06. The van der Waals surface area contributed by atoms with Gasteiger partial charge in [0, 0.05) is 15.6 Å². The van der Waals surface area contributed by atoms with Crippen LogP contribution in [0.4, 0.5) is 0 Å². The number of hydrogen-bond donors (Lipinski definition) is 0. The molecule has 2 aromatic rings. The van der Waals surface area contributed by atoms with Crippen LogP contribution < -0.4 is 0 Å². The molecular formula is C18H20BrN3O. The number of halogens is 1. The van der Waals surface area contributed by atoms with Crippen molar-refractivity contribution in [2.75, 3.05) is 7.11 Å². The third-order valence-electron chi connectivity index (χ3n) is 4.18. The molecule has 0 fully saturated rings. The summed E-state index contributed by atoms with van der Waals surface area (Å²) in [5.74, 6) is 0.578. The summed E-state index contributed by atoms with van der Waals surface area (Å²) in [7, 11) is 1.60. The summed E-state index contributed by atoms with van der Waals surface area (Å²) in [6.07, 6.45) is 4.27. The van der Waals surface area contributed by atoms with E-state index in [4.69, 9.17) is 4.84 Å². The van der Waals surface area contributed by atoms with Crippen molar-refractivity contribution in [1.82, 2.24) is 10.2 Å². The molecule has 1 aliphatic carbocycles. The van der Waals surface area contributed by atoms with Crippen molar-refractivity contribution in [1.29, 1.82) is 0 Å². The van der Waals surface area contributed by atoms with Crippen molar-refractivity contribution < 1.29 is 4.84 Å². The normalized spacial score (nSPS) is 18.7. The molecule has 0 saturated heterocycles. The van der Waals surface area contributed by atoms with Crippen LogP contribution in [0.2, 0.25) is 0 Å². The van der Waals surface area contributed by atoms with Gasteiger partial charge in [0.1, 0.15) is 7.11 Å². The Morgan fingerprint density at radius 3 is 2.70 bits per heavy atom. The Labute approximate surface area is 145 Å². The van der Waals surface area contributed by atoms with Crippen LogP contribution in [-0.4, -0.2) is 23.0 Å². The van der Waals surface area contributed by atoms with Crippen molar-refractivity contribution in [3.63, 3.8) is 0 Å². The first kappa shape index (κ1) is 16.1. The Hall–Kier alpha value is -1.75. The van der Waals surface area contributed by atoms with E-state index in [9.17, 15) is 0 Å². The van der Waals surface area contributed by atoms with Gasteiger partial charge >= 0.3 is 0 Å². The highest BCUT2D eigenvalue weighted by Gasteiger charge is 2.26. The average molecular weight is 374 g/mol. The molecule has 1 aliphatic rings. The van der Waals surface area contributed by atoms with E-state index in [0.717, 1.165) is 45.5 Å². The topological polar surface area (TPSA) is 47.4 Å². The van der Waals surface area contributed by atoms with Crippen LogP contribution in [0.3, 0.4) is 0 Å². The zero-order valence-corrected chi connectivity index (χ0v) is 15.0.